The molecule has 4 nitrogen and oxygen atoms in total. The van der Waals surface area contributed by atoms with Gasteiger partial charge in [0.25, 0.3) is 0 Å². The Bertz CT molecular complexity index is 2810. The summed E-state index contributed by atoms with van der Waals surface area (Å²) in [5.41, 5.74) is 11.0. The molecule has 10 aromatic rings. The van der Waals surface area contributed by atoms with Crippen LogP contribution in [0.2, 0.25) is 0 Å². The predicted octanol–water partition coefficient (Wildman–Crippen LogP) is 12.8. The van der Waals surface area contributed by atoms with Gasteiger partial charge >= 0.3 is 0 Å². The summed E-state index contributed by atoms with van der Waals surface area (Å²) in [4.78, 5) is 6.94. The summed E-state index contributed by atoms with van der Waals surface area (Å²) in [6.45, 7) is 0. The molecule has 0 atom stereocenters. The van der Waals surface area contributed by atoms with Crippen LogP contribution in [0.15, 0.2) is 179 Å². The van der Waals surface area contributed by atoms with Crippen molar-refractivity contribution in [2.45, 2.75) is 0 Å². The number of rotatable bonds is 5. The maximum absolute atomic E-state index is 6.62. The second-order valence-corrected chi connectivity index (χ2v) is 12.4. The topological polar surface area (TPSA) is 42.4 Å². The van der Waals surface area contributed by atoms with Crippen LogP contribution in [0.1, 0.15) is 0 Å². The summed E-state index contributed by atoms with van der Waals surface area (Å²) in [5, 5.41) is 6.55. The minimum atomic E-state index is 0.847. The van der Waals surface area contributed by atoms with Crippen molar-refractivity contribution in [3.05, 3.63) is 170 Å². The number of benzene rings is 7. The molecule has 0 radical (unpaired) electrons. The van der Waals surface area contributed by atoms with Gasteiger partial charge in [0.1, 0.15) is 22.3 Å². The molecule has 0 saturated heterocycles. The van der Waals surface area contributed by atoms with Crippen molar-refractivity contribution in [3.8, 4) is 22.3 Å². The third kappa shape index (κ3) is 4.49. The Morgan fingerprint density at radius 3 is 1.86 bits per heavy atom. The van der Waals surface area contributed by atoms with Crippen molar-refractivity contribution in [3.63, 3.8) is 0 Å². The lowest BCUT2D eigenvalue weighted by molar-refractivity contribution is 0.669. The standard InChI is InChI=1S/C45H28N2O2/c1-2-8-29(9-3-1)30-14-19-33(20-15-30)47(35-23-25-43-39(26-35)37-12-6-7-13-42(37)48-43)34-21-16-32(17-22-34)40-27-46-28-41-38-24-18-31-10-4-5-11-36(31)44(38)49-45(40)41/h1-28H. The van der Waals surface area contributed by atoms with E-state index in [0.29, 0.717) is 0 Å². The molecule has 0 N–H and O–H groups in total. The van der Waals surface area contributed by atoms with Crippen LogP contribution in [0.5, 0.6) is 0 Å². The Labute approximate surface area is 282 Å². The zero-order valence-corrected chi connectivity index (χ0v) is 26.4. The van der Waals surface area contributed by atoms with Crippen molar-refractivity contribution >= 4 is 71.7 Å². The number of fused-ring (bicyclic) bond motifs is 8. The molecule has 3 heterocycles. The van der Waals surface area contributed by atoms with Crippen LogP contribution in [0.3, 0.4) is 0 Å². The molecule has 0 spiro atoms. The molecule has 0 fully saturated rings. The first-order valence-electron chi connectivity index (χ1n) is 16.4. The van der Waals surface area contributed by atoms with Gasteiger partial charge in [-0.1, -0.05) is 103 Å². The number of nitrogens with zero attached hydrogens (tertiary/aromatic N) is 2. The van der Waals surface area contributed by atoms with Gasteiger partial charge in [-0.3, -0.25) is 4.98 Å². The lowest BCUT2D eigenvalue weighted by atomic mass is 10.0. The lowest BCUT2D eigenvalue weighted by Crippen LogP contribution is -2.09. The SMILES string of the molecule is c1ccc(-c2ccc(N(c3ccc(-c4cncc5c4oc4c6ccccc6ccc54)cc3)c3ccc4oc5ccccc5c4c3)cc2)cc1. The van der Waals surface area contributed by atoms with Gasteiger partial charge in [0.05, 0.1) is 0 Å². The molecule has 0 unspecified atom stereocenters. The summed E-state index contributed by atoms with van der Waals surface area (Å²) in [6, 6.07) is 55.2. The summed E-state index contributed by atoms with van der Waals surface area (Å²) < 4.78 is 12.8. The minimum absolute atomic E-state index is 0.847. The molecule has 7 aromatic carbocycles. The smallest absolute Gasteiger partial charge is 0.146 e. The van der Waals surface area contributed by atoms with Crippen molar-refractivity contribution in [2.75, 3.05) is 4.90 Å². The third-order valence-corrected chi connectivity index (χ3v) is 9.56. The molecule has 0 aliphatic carbocycles. The zero-order chi connectivity index (χ0) is 32.3. The van der Waals surface area contributed by atoms with Crippen molar-refractivity contribution < 1.29 is 8.83 Å². The first-order valence-corrected chi connectivity index (χ1v) is 16.4. The summed E-state index contributed by atoms with van der Waals surface area (Å²) in [5.74, 6) is 0. The molecule has 10 rings (SSSR count). The average molecular weight is 629 g/mol. The zero-order valence-electron chi connectivity index (χ0n) is 26.4. The monoisotopic (exact) mass is 628 g/mol. The molecule has 4 heteroatoms. The number of furan rings is 2. The molecule has 0 bridgehead atoms. The molecule has 0 amide bonds. The van der Waals surface area contributed by atoms with Gasteiger partial charge in [0.15, 0.2) is 0 Å². The van der Waals surface area contributed by atoms with E-state index in [1.54, 1.807) is 0 Å². The normalized spacial score (nSPS) is 11.7. The fraction of sp³-hybridized carbons (Fsp3) is 0. The Morgan fingerprint density at radius 2 is 1.04 bits per heavy atom. The second kappa shape index (κ2) is 11.0. The van der Waals surface area contributed by atoms with E-state index < -0.39 is 0 Å². The highest BCUT2D eigenvalue weighted by Crippen LogP contribution is 2.42. The van der Waals surface area contributed by atoms with Gasteiger partial charge in [-0.05, 0) is 76.7 Å². The van der Waals surface area contributed by atoms with E-state index in [0.717, 1.165) is 82.8 Å². The summed E-state index contributed by atoms with van der Waals surface area (Å²) in [7, 11) is 0. The number of hydrogen-bond donors (Lipinski definition) is 0. The van der Waals surface area contributed by atoms with E-state index in [-0.39, 0.29) is 0 Å². The predicted molar refractivity (Wildman–Crippen MR) is 202 cm³/mol. The Kier molecular flexibility index (Phi) is 6.15. The highest BCUT2D eigenvalue weighted by atomic mass is 16.3. The fourth-order valence-corrected chi connectivity index (χ4v) is 7.15. The second-order valence-electron chi connectivity index (χ2n) is 12.4. The van der Waals surface area contributed by atoms with E-state index in [4.69, 9.17) is 8.83 Å². The average Bonchev–Trinajstić information content (AvgIpc) is 3.75. The maximum atomic E-state index is 6.62. The summed E-state index contributed by atoms with van der Waals surface area (Å²) in [6.07, 6.45) is 3.81. The van der Waals surface area contributed by atoms with Gasteiger partial charge in [-0.15, -0.1) is 0 Å². The quantitative estimate of drug-likeness (QED) is 0.190. The number of anilines is 3. The van der Waals surface area contributed by atoms with Crippen molar-refractivity contribution in [1.82, 2.24) is 4.98 Å². The third-order valence-electron chi connectivity index (χ3n) is 9.56. The van der Waals surface area contributed by atoms with E-state index in [1.807, 2.05) is 30.6 Å². The van der Waals surface area contributed by atoms with E-state index in [1.165, 1.54) is 11.1 Å². The molecular formula is C45H28N2O2. The number of aromatic nitrogens is 1. The van der Waals surface area contributed by atoms with E-state index in [9.17, 15) is 0 Å². The first kappa shape index (κ1) is 27.5. The van der Waals surface area contributed by atoms with Gasteiger partial charge < -0.3 is 13.7 Å². The molecule has 0 aliphatic heterocycles. The van der Waals surface area contributed by atoms with Crippen LogP contribution in [-0.2, 0) is 0 Å². The Balaban J connectivity index is 1.10. The van der Waals surface area contributed by atoms with E-state index in [2.05, 4.69) is 149 Å². The molecule has 49 heavy (non-hydrogen) atoms. The van der Waals surface area contributed by atoms with Crippen LogP contribution in [0.4, 0.5) is 17.1 Å². The largest absolute Gasteiger partial charge is 0.456 e. The molecule has 3 aromatic heterocycles. The van der Waals surface area contributed by atoms with Gasteiger partial charge in [-0.25, -0.2) is 0 Å². The van der Waals surface area contributed by atoms with Gasteiger partial charge in [-0.2, -0.15) is 0 Å². The van der Waals surface area contributed by atoms with Crippen LogP contribution < -0.4 is 4.90 Å². The molecule has 230 valence electrons. The van der Waals surface area contributed by atoms with Crippen LogP contribution >= 0.6 is 0 Å². The highest BCUT2D eigenvalue weighted by molar-refractivity contribution is 6.17. The number of pyridine rings is 1. The first-order chi connectivity index (χ1) is 24.3. The lowest BCUT2D eigenvalue weighted by Gasteiger charge is -2.26. The number of hydrogen-bond acceptors (Lipinski definition) is 4. The molecule has 0 aliphatic rings. The molecular weight excluding hydrogens is 601 g/mol. The number of para-hydroxylation sites is 1. The highest BCUT2D eigenvalue weighted by Gasteiger charge is 2.18. The Morgan fingerprint density at radius 1 is 0.388 bits per heavy atom. The van der Waals surface area contributed by atoms with Crippen LogP contribution in [0.25, 0.3) is 76.9 Å². The molecule has 0 saturated carbocycles. The Hall–Kier alpha value is -6.65. The summed E-state index contributed by atoms with van der Waals surface area (Å²) >= 11 is 0. The van der Waals surface area contributed by atoms with Crippen LogP contribution in [-0.4, -0.2) is 4.98 Å². The fourth-order valence-electron chi connectivity index (χ4n) is 7.15. The maximum Gasteiger partial charge on any atom is 0.146 e. The van der Waals surface area contributed by atoms with Gasteiger partial charge in [0.2, 0.25) is 0 Å². The van der Waals surface area contributed by atoms with Crippen molar-refractivity contribution in [1.29, 1.82) is 0 Å². The van der Waals surface area contributed by atoms with Crippen molar-refractivity contribution in [2.24, 2.45) is 0 Å². The van der Waals surface area contributed by atoms with E-state index >= 15 is 0 Å². The van der Waals surface area contributed by atoms with Crippen LogP contribution in [0, 0.1) is 0 Å². The van der Waals surface area contributed by atoms with Gasteiger partial charge in [0, 0.05) is 62.0 Å². The minimum Gasteiger partial charge on any atom is -0.456 e.